The van der Waals surface area contributed by atoms with E-state index in [2.05, 4.69) is 20.8 Å². The number of carbonyl (C=O) groups excluding carboxylic acids is 3. The van der Waals surface area contributed by atoms with Gasteiger partial charge >= 0.3 is 0 Å². The van der Waals surface area contributed by atoms with Gasteiger partial charge in [-0.15, -0.1) is 0 Å². The Morgan fingerprint density at radius 2 is 1.68 bits per heavy atom. The quantitative estimate of drug-likeness (QED) is 0.778. The third kappa shape index (κ3) is 2.57. The highest BCUT2D eigenvalue weighted by Gasteiger charge is 2.51. The van der Waals surface area contributed by atoms with Crippen molar-refractivity contribution in [2.24, 2.45) is 10.8 Å². The molecule has 3 aliphatic rings. The van der Waals surface area contributed by atoms with E-state index in [1.54, 1.807) is 24.3 Å². The monoisotopic (exact) mass is 340 g/mol. The summed E-state index contributed by atoms with van der Waals surface area (Å²) >= 11 is 0. The number of likely N-dealkylation sites (tertiary alicyclic amines) is 1. The van der Waals surface area contributed by atoms with E-state index in [1.807, 2.05) is 4.90 Å². The molecule has 2 aliphatic heterocycles. The Bertz CT molecular complexity index is 750. The largest absolute Gasteiger partial charge is 0.338 e. The molecule has 5 heteroatoms. The van der Waals surface area contributed by atoms with Crippen LogP contribution in [-0.4, -0.2) is 46.7 Å². The summed E-state index contributed by atoms with van der Waals surface area (Å²) in [6.45, 7) is 7.34. The predicted octanol–water partition coefficient (Wildman–Crippen LogP) is 2.71. The first kappa shape index (κ1) is 16.3. The molecule has 0 radical (unpaired) electrons. The van der Waals surface area contributed by atoms with Crippen LogP contribution in [0.1, 0.15) is 60.7 Å². The van der Waals surface area contributed by atoms with Crippen molar-refractivity contribution in [1.29, 1.82) is 0 Å². The zero-order valence-corrected chi connectivity index (χ0v) is 15.0. The summed E-state index contributed by atoms with van der Waals surface area (Å²) in [6.07, 6.45) is 3.11. The van der Waals surface area contributed by atoms with Gasteiger partial charge in [0.05, 0.1) is 11.1 Å². The molecule has 2 atom stereocenters. The van der Waals surface area contributed by atoms with E-state index in [4.69, 9.17) is 0 Å². The third-order valence-corrected chi connectivity index (χ3v) is 5.91. The second-order valence-electron chi connectivity index (χ2n) is 8.98. The average molecular weight is 340 g/mol. The Morgan fingerprint density at radius 1 is 1.08 bits per heavy atom. The van der Waals surface area contributed by atoms with Crippen molar-refractivity contribution in [2.75, 3.05) is 13.1 Å². The minimum atomic E-state index is -0.359. The maximum atomic E-state index is 12.9. The van der Waals surface area contributed by atoms with Gasteiger partial charge in [-0.05, 0) is 42.2 Å². The maximum absolute atomic E-state index is 12.9. The van der Waals surface area contributed by atoms with Crippen LogP contribution in [0.3, 0.4) is 0 Å². The molecular weight excluding hydrogens is 316 g/mol. The lowest BCUT2D eigenvalue weighted by atomic mass is 9.65. The summed E-state index contributed by atoms with van der Waals surface area (Å²) in [5.41, 5.74) is 1.16. The van der Waals surface area contributed by atoms with Gasteiger partial charge in [0.2, 0.25) is 5.91 Å². The first-order chi connectivity index (χ1) is 11.7. The lowest BCUT2D eigenvalue weighted by Gasteiger charge is -2.39. The predicted molar refractivity (Wildman–Crippen MR) is 93.0 cm³/mol. The molecule has 25 heavy (non-hydrogen) atoms. The van der Waals surface area contributed by atoms with E-state index in [0.29, 0.717) is 11.1 Å². The summed E-state index contributed by atoms with van der Waals surface area (Å²) in [7, 11) is 0. The van der Waals surface area contributed by atoms with E-state index < -0.39 is 0 Å². The van der Waals surface area contributed by atoms with Crippen LogP contribution in [0.25, 0.3) is 0 Å². The molecule has 4 rings (SSSR count). The fourth-order valence-electron chi connectivity index (χ4n) is 5.36. The van der Waals surface area contributed by atoms with Gasteiger partial charge in [-0.3, -0.25) is 19.3 Å². The van der Waals surface area contributed by atoms with Gasteiger partial charge in [0, 0.05) is 12.6 Å². The Kier molecular flexibility index (Phi) is 3.37. The highest BCUT2D eigenvalue weighted by Crippen LogP contribution is 2.52. The van der Waals surface area contributed by atoms with Crippen molar-refractivity contribution in [3.8, 4) is 0 Å². The molecule has 3 amide bonds. The molecule has 2 heterocycles. The van der Waals surface area contributed by atoms with Crippen molar-refractivity contribution >= 4 is 17.7 Å². The summed E-state index contributed by atoms with van der Waals surface area (Å²) < 4.78 is 0. The van der Waals surface area contributed by atoms with Crippen molar-refractivity contribution in [1.82, 2.24) is 9.80 Å². The molecule has 0 N–H and O–H groups in total. The molecule has 2 bridgehead atoms. The van der Waals surface area contributed by atoms with Gasteiger partial charge in [-0.1, -0.05) is 32.9 Å². The van der Waals surface area contributed by atoms with E-state index >= 15 is 0 Å². The molecule has 5 nitrogen and oxygen atoms in total. The van der Waals surface area contributed by atoms with E-state index in [1.165, 1.54) is 0 Å². The summed E-state index contributed by atoms with van der Waals surface area (Å²) in [5, 5.41) is 0. The smallest absolute Gasteiger partial charge is 0.262 e. The highest BCUT2D eigenvalue weighted by atomic mass is 16.2. The number of nitrogens with zero attached hydrogens (tertiary/aromatic N) is 2. The molecule has 0 unspecified atom stereocenters. The second-order valence-corrected chi connectivity index (χ2v) is 8.98. The van der Waals surface area contributed by atoms with Crippen molar-refractivity contribution in [3.63, 3.8) is 0 Å². The third-order valence-electron chi connectivity index (χ3n) is 5.91. The number of hydrogen-bond donors (Lipinski definition) is 0. The number of hydrogen-bond acceptors (Lipinski definition) is 3. The first-order valence-corrected chi connectivity index (χ1v) is 8.94. The maximum Gasteiger partial charge on any atom is 0.262 e. The molecule has 0 spiro atoms. The molecule has 1 aromatic carbocycles. The Balaban J connectivity index is 1.53. The van der Waals surface area contributed by atoms with Crippen molar-refractivity contribution in [2.45, 2.75) is 46.1 Å². The summed E-state index contributed by atoms with van der Waals surface area (Å²) in [5.74, 6) is -0.828. The van der Waals surface area contributed by atoms with E-state index in [0.717, 1.165) is 30.7 Å². The first-order valence-electron chi connectivity index (χ1n) is 8.94. The van der Waals surface area contributed by atoms with Crippen LogP contribution in [0.2, 0.25) is 0 Å². The summed E-state index contributed by atoms with van der Waals surface area (Å²) in [6, 6.07) is 6.99. The van der Waals surface area contributed by atoms with Gasteiger partial charge in [0.15, 0.2) is 0 Å². The Labute approximate surface area is 148 Å². The normalized spacial score (nSPS) is 30.0. The minimum absolute atomic E-state index is 0.110. The number of imide groups is 1. The van der Waals surface area contributed by atoms with Gasteiger partial charge in [-0.25, -0.2) is 0 Å². The topological polar surface area (TPSA) is 57.7 Å². The Morgan fingerprint density at radius 3 is 2.28 bits per heavy atom. The number of benzene rings is 1. The fraction of sp³-hybridized carbons (Fsp3) is 0.550. The van der Waals surface area contributed by atoms with E-state index in [9.17, 15) is 14.4 Å². The van der Waals surface area contributed by atoms with Crippen LogP contribution in [0.15, 0.2) is 24.3 Å². The van der Waals surface area contributed by atoms with Crippen LogP contribution < -0.4 is 0 Å². The number of fused-ring (bicyclic) bond motifs is 3. The molecule has 0 aromatic heterocycles. The fourth-order valence-corrected chi connectivity index (χ4v) is 5.36. The van der Waals surface area contributed by atoms with Crippen molar-refractivity contribution in [3.05, 3.63) is 35.4 Å². The molecule has 1 saturated carbocycles. The molecule has 2 fully saturated rings. The van der Waals surface area contributed by atoms with Crippen LogP contribution in [-0.2, 0) is 4.79 Å². The van der Waals surface area contributed by atoms with Crippen LogP contribution in [0, 0.1) is 10.8 Å². The second kappa shape index (κ2) is 5.16. The SMILES string of the molecule is CC1(C)C[C@@H]2C[C@@](C)(CN2C(=O)CN2C(=O)c3ccccc3C2=O)C1. The van der Waals surface area contributed by atoms with Crippen LogP contribution in [0.5, 0.6) is 0 Å². The zero-order chi connectivity index (χ0) is 18.0. The van der Waals surface area contributed by atoms with Crippen molar-refractivity contribution < 1.29 is 14.4 Å². The zero-order valence-electron chi connectivity index (χ0n) is 15.0. The molecule has 1 saturated heterocycles. The van der Waals surface area contributed by atoms with Gasteiger partial charge in [-0.2, -0.15) is 0 Å². The van der Waals surface area contributed by atoms with Gasteiger partial charge in [0.25, 0.3) is 11.8 Å². The van der Waals surface area contributed by atoms with Crippen LogP contribution >= 0.6 is 0 Å². The minimum Gasteiger partial charge on any atom is -0.338 e. The average Bonchev–Trinajstić information content (AvgIpc) is 2.92. The molecule has 1 aliphatic carbocycles. The number of amides is 3. The van der Waals surface area contributed by atoms with Crippen LogP contribution in [0.4, 0.5) is 0 Å². The highest BCUT2D eigenvalue weighted by molar-refractivity contribution is 6.22. The lowest BCUT2D eigenvalue weighted by molar-refractivity contribution is -0.132. The standard InChI is InChI=1S/C20H24N2O3/c1-19(2)8-13-9-20(3,11-19)12-22(13)16(23)10-21-17(24)14-6-4-5-7-15(14)18(21)25/h4-7,13H,8-12H2,1-3H3/t13-,20-/m1/s1. The van der Waals surface area contributed by atoms with E-state index in [-0.39, 0.29) is 41.1 Å². The van der Waals surface area contributed by atoms with Gasteiger partial charge in [0.1, 0.15) is 6.54 Å². The molecular formula is C20H24N2O3. The molecule has 132 valence electrons. The lowest BCUT2D eigenvalue weighted by Crippen LogP contribution is -2.45. The number of rotatable bonds is 2. The molecule has 1 aromatic rings. The summed E-state index contributed by atoms with van der Waals surface area (Å²) in [4.78, 5) is 40.9. The number of carbonyl (C=O) groups is 3. The Hall–Kier alpha value is -2.17. The van der Waals surface area contributed by atoms with Gasteiger partial charge < -0.3 is 4.90 Å².